The zero-order valence-corrected chi connectivity index (χ0v) is 18.2. The summed E-state index contributed by atoms with van der Waals surface area (Å²) in [5.74, 6) is -0.0695. The van der Waals surface area contributed by atoms with Gasteiger partial charge in [-0.1, -0.05) is 54.1 Å². The van der Waals surface area contributed by atoms with Crippen LogP contribution in [0.3, 0.4) is 0 Å². The van der Waals surface area contributed by atoms with E-state index in [1.807, 2.05) is 26.0 Å². The molecule has 1 aromatic heterocycles. The molecule has 0 saturated carbocycles. The lowest BCUT2D eigenvalue weighted by molar-refractivity contribution is -0.115. The first-order valence-corrected chi connectivity index (χ1v) is 11.0. The average molecular weight is 416 g/mol. The molecule has 30 heavy (non-hydrogen) atoms. The summed E-state index contributed by atoms with van der Waals surface area (Å²) in [6.07, 6.45) is 1.16. The van der Waals surface area contributed by atoms with Crippen molar-refractivity contribution in [2.24, 2.45) is 0 Å². The second kappa shape index (κ2) is 8.83. The Bertz CT molecular complexity index is 1110. The molecule has 0 aliphatic carbocycles. The van der Waals surface area contributed by atoms with Crippen LogP contribution in [0.5, 0.6) is 0 Å². The number of carbonyl (C=O) groups is 1. The van der Waals surface area contributed by atoms with Crippen molar-refractivity contribution >= 4 is 22.2 Å². The van der Waals surface area contributed by atoms with Crippen molar-refractivity contribution < 1.29 is 4.79 Å². The van der Waals surface area contributed by atoms with Crippen molar-refractivity contribution in [3.8, 4) is 6.07 Å². The summed E-state index contributed by atoms with van der Waals surface area (Å²) in [5.41, 5.74) is 6.32. The van der Waals surface area contributed by atoms with Crippen molar-refractivity contribution in [2.75, 3.05) is 11.9 Å². The van der Waals surface area contributed by atoms with Gasteiger partial charge in [0, 0.05) is 24.5 Å². The van der Waals surface area contributed by atoms with Crippen molar-refractivity contribution in [2.45, 2.75) is 39.8 Å². The summed E-state index contributed by atoms with van der Waals surface area (Å²) in [5, 5.41) is 13.5. The summed E-state index contributed by atoms with van der Waals surface area (Å²) in [4.78, 5) is 16.3. The maximum atomic E-state index is 12.7. The summed E-state index contributed by atoms with van der Waals surface area (Å²) in [7, 11) is 0. The third-order valence-electron chi connectivity index (χ3n) is 5.61. The Hall–Kier alpha value is -2.94. The van der Waals surface area contributed by atoms with Gasteiger partial charge in [0.05, 0.1) is 12.0 Å². The molecule has 1 aliphatic heterocycles. The number of thiophene rings is 1. The summed E-state index contributed by atoms with van der Waals surface area (Å²) >= 11 is 1.55. The van der Waals surface area contributed by atoms with E-state index in [9.17, 15) is 10.1 Å². The number of rotatable bonds is 5. The quantitative estimate of drug-likeness (QED) is 0.640. The molecular weight excluding hydrogens is 390 g/mol. The fourth-order valence-electron chi connectivity index (χ4n) is 3.97. The second-order valence-corrected chi connectivity index (χ2v) is 9.03. The second-order valence-electron chi connectivity index (χ2n) is 7.92. The molecule has 3 aromatic rings. The van der Waals surface area contributed by atoms with E-state index in [0.29, 0.717) is 17.0 Å². The first-order chi connectivity index (χ1) is 14.5. The first kappa shape index (κ1) is 20.3. The van der Waals surface area contributed by atoms with Crippen LogP contribution in [0.1, 0.15) is 38.3 Å². The molecule has 152 valence electrons. The third-order valence-corrected chi connectivity index (χ3v) is 6.74. The number of hydrogen-bond acceptors (Lipinski definition) is 4. The summed E-state index contributed by atoms with van der Waals surface area (Å²) in [6, 6.07) is 18.9. The number of hydrogen-bond donors (Lipinski definition) is 1. The topological polar surface area (TPSA) is 56.1 Å². The van der Waals surface area contributed by atoms with Gasteiger partial charge in [0.1, 0.15) is 11.1 Å². The standard InChI is InChI=1S/C25H25N3OS/c1-17-8-9-18(2)20(12-17)13-24(29)27-25-22(14-26)21-10-11-28(16-23(21)30-25)15-19-6-4-3-5-7-19/h3-9,12H,10-11,13,15-16H2,1-2H3,(H,27,29). The van der Waals surface area contributed by atoms with Crippen LogP contribution >= 0.6 is 11.3 Å². The minimum absolute atomic E-state index is 0.0695. The van der Waals surface area contributed by atoms with Gasteiger partial charge >= 0.3 is 0 Å². The van der Waals surface area contributed by atoms with Crippen LogP contribution in [-0.2, 0) is 30.7 Å². The van der Waals surface area contributed by atoms with E-state index in [0.717, 1.165) is 48.3 Å². The van der Waals surface area contributed by atoms with Crippen molar-refractivity contribution in [1.82, 2.24) is 4.90 Å². The van der Waals surface area contributed by atoms with Gasteiger partial charge in [-0.15, -0.1) is 11.3 Å². The zero-order valence-electron chi connectivity index (χ0n) is 17.4. The summed E-state index contributed by atoms with van der Waals surface area (Å²) < 4.78 is 0. The Labute approximate surface area is 181 Å². The maximum Gasteiger partial charge on any atom is 0.229 e. The fraction of sp³-hybridized carbons (Fsp3) is 0.280. The van der Waals surface area contributed by atoms with E-state index in [2.05, 4.69) is 52.7 Å². The highest BCUT2D eigenvalue weighted by molar-refractivity contribution is 7.16. The number of amides is 1. The number of nitrogens with one attached hydrogen (secondary N) is 1. The lowest BCUT2D eigenvalue weighted by Gasteiger charge is -2.26. The van der Waals surface area contributed by atoms with Gasteiger partial charge in [0.15, 0.2) is 0 Å². The molecule has 0 bridgehead atoms. The van der Waals surface area contributed by atoms with Crippen LogP contribution < -0.4 is 5.32 Å². The minimum atomic E-state index is -0.0695. The van der Waals surface area contributed by atoms with Gasteiger partial charge in [0.2, 0.25) is 5.91 Å². The van der Waals surface area contributed by atoms with Crippen molar-refractivity contribution in [3.05, 3.63) is 86.8 Å². The van der Waals surface area contributed by atoms with Gasteiger partial charge in [0.25, 0.3) is 0 Å². The Morgan fingerprint density at radius 1 is 1.20 bits per heavy atom. The van der Waals surface area contributed by atoms with Gasteiger partial charge < -0.3 is 5.32 Å². The largest absolute Gasteiger partial charge is 0.316 e. The molecule has 0 saturated heterocycles. The number of fused-ring (bicyclic) bond motifs is 1. The summed E-state index contributed by atoms with van der Waals surface area (Å²) in [6.45, 7) is 6.69. The lowest BCUT2D eigenvalue weighted by atomic mass is 10.0. The van der Waals surface area contributed by atoms with Crippen LogP contribution in [0.25, 0.3) is 0 Å². The van der Waals surface area contributed by atoms with E-state index in [-0.39, 0.29) is 5.91 Å². The molecule has 5 heteroatoms. The molecule has 2 heterocycles. The van der Waals surface area contributed by atoms with Gasteiger partial charge in [-0.2, -0.15) is 5.26 Å². The Morgan fingerprint density at radius 2 is 2.00 bits per heavy atom. The monoisotopic (exact) mass is 415 g/mol. The highest BCUT2D eigenvalue weighted by Gasteiger charge is 2.25. The molecule has 0 radical (unpaired) electrons. The van der Waals surface area contributed by atoms with E-state index >= 15 is 0 Å². The van der Waals surface area contributed by atoms with Crippen LogP contribution in [0, 0.1) is 25.2 Å². The van der Waals surface area contributed by atoms with Crippen LogP contribution in [0.15, 0.2) is 48.5 Å². The third kappa shape index (κ3) is 4.46. The number of nitriles is 1. The molecule has 4 nitrogen and oxygen atoms in total. The average Bonchev–Trinajstić information content (AvgIpc) is 3.07. The van der Waals surface area contributed by atoms with E-state index in [1.54, 1.807) is 11.3 Å². The number of nitrogens with zero attached hydrogens (tertiary/aromatic N) is 2. The highest BCUT2D eigenvalue weighted by Crippen LogP contribution is 2.37. The SMILES string of the molecule is Cc1ccc(C)c(CC(=O)Nc2sc3c(c2C#N)CCN(Cc2ccccc2)C3)c1. The number of anilines is 1. The molecular formula is C25H25N3OS. The van der Waals surface area contributed by atoms with Gasteiger partial charge in [-0.3, -0.25) is 9.69 Å². The molecule has 1 amide bonds. The smallest absolute Gasteiger partial charge is 0.229 e. The van der Waals surface area contributed by atoms with Crippen LogP contribution in [-0.4, -0.2) is 17.4 Å². The van der Waals surface area contributed by atoms with Crippen LogP contribution in [0.2, 0.25) is 0 Å². The van der Waals surface area contributed by atoms with Gasteiger partial charge in [-0.25, -0.2) is 0 Å². The van der Waals surface area contributed by atoms with Crippen molar-refractivity contribution in [3.63, 3.8) is 0 Å². The molecule has 2 aromatic carbocycles. The molecule has 0 spiro atoms. The van der Waals surface area contributed by atoms with Gasteiger partial charge in [-0.05, 0) is 42.5 Å². The highest BCUT2D eigenvalue weighted by atomic mass is 32.1. The normalized spacial score (nSPS) is 13.5. The predicted molar refractivity (Wildman–Crippen MR) is 122 cm³/mol. The molecule has 0 unspecified atom stereocenters. The molecule has 0 atom stereocenters. The predicted octanol–water partition coefficient (Wildman–Crippen LogP) is 4.98. The number of benzene rings is 2. The van der Waals surface area contributed by atoms with E-state index in [4.69, 9.17) is 0 Å². The Kier molecular flexibility index (Phi) is 5.98. The molecule has 1 N–H and O–H groups in total. The van der Waals surface area contributed by atoms with E-state index < -0.39 is 0 Å². The Balaban J connectivity index is 1.48. The minimum Gasteiger partial charge on any atom is -0.316 e. The van der Waals surface area contributed by atoms with Crippen LogP contribution in [0.4, 0.5) is 5.00 Å². The first-order valence-electron chi connectivity index (χ1n) is 10.2. The fourth-order valence-corrected chi connectivity index (χ4v) is 5.23. The Morgan fingerprint density at radius 3 is 2.77 bits per heavy atom. The molecule has 1 aliphatic rings. The maximum absolute atomic E-state index is 12.7. The number of aryl methyl sites for hydroxylation is 2. The zero-order chi connectivity index (χ0) is 21.1. The molecule has 4 rings (SSSR count). The lowest BCUT2D eigenvalue weighted by Crippen LogP contribution is -2.29. The van der Waals surface area contributed by atoms with E-state index in [1.165, 1.54) is 10.4 Å². The van der Waals surface area contributed by atoms with Crippen molar-refractivity contribution in [1.29, 1.82) is 5.26 Å². The molecule has 0 fully saturated rings. The number of carbonyl (C=O) groups excluding carboxylic acids is 1.